The Labute approximate surface area is 173 Å². The van der Waals surface area contributed by atoms with Crippen LogP contribution in [0.25, 0.3) is 0 Å². The maximum absolute atomic E-state index is 13.0. The topological polar surface area (TPSA) is 66.5 Å². The lowest BCUT2D eigenvalue weighted by Gasteiger charge is -2.23. The number of carbonyl (C=O) groups is 1. The first-order chi connectivity index (χ1) is 14.1. The number of benzene rings is 2. The Bertz CT molecular complexity index is 1010. The molecule has 0 radical (unpaired) electrons. The van der Waals surface area contributed by atoms with Crippen LogP contribution in [0, 0.1) is 0 Å². The molecule has 1 saturated carbocycles. The zero-order valence-corrected chi connectivity index (χ0v) is 16.8. The standard InChI is InChI=1S/C21H21F3N2O3S/c1-2-13-25-30(28,29)19-11-5-16(6-12-19)20(27)26(18-9-10-18)14-15-3-7-17(8-4-15)21(22,23)24/h2-8,11-12,18,25H,1,9-10,13-14H2. The van der Waals surface area contributed by atoms with Crippen molar-refractivity contribution in [3.05, 3.63) is 77.9 Å². The van der Waals surface area contributed by atoms with Gasteiger partial charge in [0.1, 0.15) is 0 Å². The van der Waals surface area contributed by atoms with Gasteiger partial charge in [0.15, 0.2) is 0 Å². The lowest BCUT2D eigenvalue weighted by Crippen LogP contribution is -2.32. The van der Waals surface area contributed by atoms with Crippen molar-refractivity contribution in [2.45, 2.75) is 36.5 Å². The molecule has 0 unspecified atom stereocenters. The average Bonchev–Trinajstić information content (AvgIpc) is 3.55. The molecule has 0 heterocycles. The molecule has 30 heavy (non-hydrogen) atoms. The van der Waals surface area contributed by atoms with Crippen molar-refractivity contribution in [1.29, 1.82) is 0 Å². The van der Waals surface area contributed by atoms with Crippen molar-refractivity contribution in [3.63, 3.8) is 0 Å². The molecule has 0 saturated heterocycles. The molecule has 0 aliphatic heterocycles. The molecule has 1 amide bonds. The molecule has 0 bridgehead atoms. The van der Waals surface area contributed by atoms with Gasteiger partial charge in [-0.05, 0) is 54.8 Å². The van der Waals surface area contributed by atoms with E-state index in [2.05, 4.69) is 11.3 Å². The minimum absolute atomic E-state index is 0.0254. The van der Waals surface area contributed by atoms with Crippen LogP contribution in [0.4, 0.5) is 13.2 Å². The fraction of sp³-hybridized carbons (Fsp3) is 0.286. The number of hydrogen-bond acceptors (Lipinski definition) is 3. The summed E-state index contributed by atoms with van der Waals surface area (Å²) in [7, 11) is -3.69. The van der Waals surface area contributed by atoms with E-state index in [0.717, 1.165) is 25.0 Å². The third-order valence-corrected chi connectivity index (χ3v) is 6.15. The summed E-state index contributed by atoms with van der Waals surface area (Å²) in [5, 5.41) is 0. The average molecular weight is 438 g/mol. The van der Waals surface area contributed by atoms with E-state index in [-0.39, 0.29) is 29.9 Å². The quantitative estimate of drug-likeness (QED) is 0.634. The lowest BCUT2D eigenvalue weighted by atomic mass is 10.1. The van der Waals surface area contributed by atoms with Crippen LogP contribution >= 0.6 is 0 Å². The second-order valence-corrected chi connectivity index (χ2v) is 8.79. The van der Waals surface area contributed by atoms with Crippen molar-refractivity contribution in [2.24, 2.45) is 0 Å². The van der Waals surface area contributed by atoms with Gasteiger partial charge in [-0.2, -0.15) is 13.2 Å². The fourth-order valence-corrected chi connectivity index (χ4v) is 3.94. The number of sulfonamides is 1. The van der Waals surface area contributed by atoms with Gasteiger partial charge in [0.2, 0.25) is 10.0 Å². The van der Waals surface area contributed by atoms with Gasteiger partial charge in [-0.3, -0.25) is 4.79 Å². The van der Waals surface area contributed by atoms with Crippen molar-refractivity contribution in [1.82, 2.24) is 9.62 Å². The van der Waals surface area contributed by atoms with Gasteiger partial charge in [-0.15, -0.1) is 6.58 Å². The van der Waals surface area contributed by atoms with E-state index in [9.17, 15) is 26.4 Å². The van der Waals surface area contributed by atoms with Crippen molar-refractivity contribution in [3.8, 4) is 0 Å². The highest BCUT2D eigenvalue weighted by molar-refractivity contribution is 7.89. The summed E-state index contributed by atoms with van der Waals surface area (Å²) in [6.07, 6.45) is -1.34. The normalized spacial score (nSPS) is 14.4. The molecule has 1 aliphatic carbocycles. The first-order valence-electron chi connectivity index (χ1n) is 9.29. The van der Waals surface area contributed by atoms with Crippen molar-refractivity contribution in [2.75, 3.05) is 6.54 Å². The van der Waals surface area contributed by atoms with Crippen LogP contribution in [0.1, 0.15) is 34.3 Å². The summed E-state index contributed by atoms with van der Waals surface area (Å²) in [6, 6.07) is 10.3. The van der Waals surface area contributed by atoms with Crippen LogP contribution in [-0.4, -0.2) is 31.8 Å². The number of hydrogen-bond donors (Lipinski definition) is 1. The highest BCUT2D eigenvalue weighted by Gasteiger charge is 2.34. The Balaban J connectivity index is 1.75. The van der Waals surface area contributed by atoms with E-state index in [1.54, 1.807) is 4.90 Å². The summed E-state index contributed by atoms with van der Waals surface area (Å²) in [6.45, 7) is 3.73. The lowest BCUT2D eigenvalue weighted by molar-refractivity contribution is -0.137. The molecule has 2 aromatic rings. The fourth-order valence-electron chi connectivity index (χ4n) is 2.94. The minimum atomic E-state index is -4.41. The number of halogens is 3. The number of rotatable bonds is 8. The summed E-state index contributed by atoms with van der Waals surface area (Å²) in [5.41, 5.74) is 0.171. The van der Waals surface area contributed by atoms with Crippen LogP contribution in [-0.2, 0) is 22.7 Å². The molecule has 0 spiro atoms. The Kier molecular flexibility index (Phi) is 6.33. The number of nitrogens with zero attached hydrogens (tertiary/aromatic N) is 1. The Morgan fingerprint density at radius 2 is 1.70 bits per heavy atom. The summed E-state index contributed by atoms with van der Waals surface area (Å²) < 4.78 is 64.8. The maximum Gasteiger partial charge on any atom is 0.416 e. The number of carbonyl (C=O) groups excluding carboxylic acids is 1. The summed E-state index contributed by atoms with van der Waals surface area (Å²) in [4.78, 5) is 14.6. The van der Waals surface area contributed by atoms with Crippen LogP contribution < -0.4 is 4.72 Å². The van der Waals surface area contributed by atoms with Gasteiger partial charge in [-0.1, -0.05) is 18.2 Å². The number of amides is 1. The van der Waals surface area contributed by atoms with Gasteiger partial charge in [0.25, 0.3) is 5.91 Å². The SMILES string of the molecule is C=CCNS(=O)(=O)c1ccc(C(=O)N(Cc2ccc(C(F)(F)F)cc2)C2CC2)cc1. The van der Waals surface area contributed by atoms with Crippen molar-refractivity contribution >= 4 is 15.9 Å². The molecule has 0 aromatic heterocycles. The third kappa shape index (κ3) is 5.28. The van der Waals surface area contributed by atoms with Gasteiger partial charge in [0, 0.05) is 24.7 Å². The van der Waals surface area contributed by atoms with Gasteiger partial charge in [0.05, 0.1) is 10.5 Å². The maximum atomic E-state index is 13.0. The molecular formula is C21H21F3N2O3S. The largest absolute Gasteiger partial charge is 0.416 e. The molecule has 160 valence electrons. The van der Waals surface area contributed by atoms with Crippen LogP contribution in [0.3, 0.4) is 0 Å². The number of alkyl halides is 3. The Hall–Kier alpha value is -2.65. The highest BCUT2D eigenvalue weighted by atomic mass is 32.2. The summed E-state index contributed by atoms with van der Waals surface area (Å²) in [5.74, 6) is -0.291. The van der Waals surface area contributed by atoms with E-state index in [1.165, 1.54) is 42.5 Å². The van der Waals surface area contributed by atoms with E-state index in [1.807, 2.05) is 0 Å². The van der Waals surface area contributed by atoms with Gasteiger partial charge in [-0.25, -0.2) is 13.1 Å². The Morgan fingerprint density at radius 3 is 2.20 bits per heavy atom. The zero-order valence-electron chi connectivity index (χ0n) is 16.0. The molecule has 5 nitrogen and oxygen atoms in total. The number of nitrogens with one attached hydrogen (secondary N) is 1. The highest BCUT2D eigenvalue weighted by Crippen LogP contribution is 2.32. The molecule has 1 N–H and O–H groups in total. The predicted molar refractivity (Wildman–Crippen MR) is 106 cm³/mol. The summed E-state index contributed by atoms with van der Waals surface area (Å²) >= 11 is 0. The van der Waals surface area contributed by atoms with Crippen LogP contribution in [0.5, 0.6) is 0 Å². The molecule has 1 aliphatic rings. The molecular weight excluding hydrogens is 417 g/mol. The van der Waals surface area contributed by atoms with Crippen molar-refractivity contribution < 1.29 is 26.4 Å². The van der Waals surface area contributed by atoms with Crippen LogP contribution in [0.2, 0.25) is 0 Å². The van der Waals surface area contributed by atoms with Gasteiger partial charge >= 0.3 is 6.18 Å². The second kappa shape index (κ2) is 8.61. The van der Waals surface area contributed by atoms with E-state index in [4.69, 9.17) is 0 Å². The molecule has 3 rings (SSSR count). The predicted octanol–water partition coefficient (Wildman–Crippen LogP) is 3.97. The zero-order chi connectivity index (χ0) is 21.9. The molecule has 2 aromatic carbocycles. The Morgan fingerprint density at radius 1 is 1.10 bits per heavy atom. The van der Waals surface area contributed by atoms with Crippen LogP contribution in [0.15, 0.2) is 66.1 Å². The molecule has 9 heteroatoms. The first-order valence-corrected chi connectivity index (χ1v) is 10.8. The molecule has 0 atom stereocenters. The monoisotopic (exact) mass is 438 g/mol. The van der Waals surface area contributed by atoms with Gasteiger partial charge < -0.3 is 4.90 Å². The minimum Gasteiger partial charge on any atom is -0.331 e. The first kappa shape index (κ1) is 22.0. The molecule has 1 fully saturated rings. The van der Waals surface area contributed by atoms with E-state index >= 15 is 0 Å². The van der Waals surface area contributed by atoms with E-state index < -0.39 is 21.8 Å². The third-order valence-electron chi connectivity index (χ3n) is 4.71. The second-order valence-electron chi connectivity index (χ2n) is 7.02. The smallest absolute Gasteiger partial charge is 0.331 e. The van der Waals surface area contributed by atoms with E-state index in [0.29, 0.717) is 11.1 Å².